The van der Waals surface area contributed by atoms with E-state index in [1.165, 1.54) is 18.6 Å². The Labute approximate surface area is 101 Å². The van der Waals surface area contributed by atoms with Crippen LogP contribution in [0.15, 0.2) is 43.2 Å². The van der Waals surface area contributed by atoms with Crippen LogP contribution in [0.4, 0.5) is 5.69 Å². The van der Waals surface area contributed by atoms with Gasteiger partial charge in [0.2, 0.25) is 0 Å². The van der Waals surface area contributed by atoms with Gasteiger partial charge in [-0.3, -0.25) is 15.1 Å². The van der Waals surface area contributed by atoms with Gasteiger partial charge in [0, 0.05) is 23.8 Å². The van der Waals surface area contributed by atoms with E-state index in [4.69, 9.17) is 0 Å². The van der Waals surface area contributed by atoms with Crippen molar-refractivity contribution in [3.05, 3.63) is 53.4 Å². The summed E-state index contributed by atoms with van der Waals surface area (Å²) in [6.07, 6.45) is 6.02. The SMILES string of the molecule is O=[N+]([O-])c1ccc(-n2cncn2)c2ccncc12. The summed E-state index contributed by atoms with van der Waals surface area (Å²) in [7, 11) is 0. The molecule has 0 spiro atoms. The quantitative estimate of drug-likeness (QED) is 0.503. The Balaban J connectivity index is 2.37. The van der Waals surface area contributed by atoms with Gasteiger partial charge < -0.3 is 0 Å². The van der Waals surface area contributed by atoms with E-state index in [-0.39, 0.29) is 5.69 Å². The van der Waals surface area contributed by atoms with Crippen molar-refractivity contribution < 1.29 is 4.92 Å². The van der Waals surface area contributed by atoms with Gasteiger partial charge >= 0.3 is 0 Å². The smallest absolute Gasteiger partial charge is 0.264 e. The number of nitro groups is 1. The number of aromatic nitrogens is 4. The molecule has 0 radical (unpaired) electrons. The van der Waals surface area contributed by atoms with Gasteiger partial charge in [-0.15, -0.1) is 0 Å². The molecule has 0 bridgehead atoms. The number of hydrogen-bond donors (Lipinski definition) is 0. The molecule has 0 aliphatic carbocycles. The molecule has 3 aromatic rings. The topological polar surface area (TPSA) is 86.7 Å². The van der Waals surface area contributed by atoms with Gasteiger partial charge in [-0.1, -0.05) is 0 Å². The number of pyridine rings is 1. The summed E-state index contributed by atoms with van der Waals surface area (Å²) in [5, 5.41) is 16.2. The van der Waals surface area contributed by atoms with Gasteiger partial charge in [-0.2, -0.15) is 5.10 Å². The fourth-order valence-corrected chi connectivity index (χ4v) is 1.85. The molecule has 0 fully saturated rings. The molecule has 0 N–H and O–H groups in total. The second-order valence-electron chi connectivity index (χ2n) is 3.62. The molecule has 7 heteroatoms. The first-order valence-electron chi connectivity index (χ1n) is 5.13. The van der Waals surface area contributed by atoms with Crippen LogP contribution in [0.1, 0.15) is 0 Å². The Morgan fingerprint density at radius 2 is 2.06 bits per heavy atom. The van der Waals surface area contributed by atoms with Crippen LogP contribution in [0.25, 0.3) is 16.5 Å². The lowest BCUT2D eigenvalue weighted by Gasteiger charge is -2.05. The third kappa shape index (κ3) is 1.49. The van der Waals surface area contributed by atoms with Crippen LogP contribution in [0, 0.1) is 10.1 Å². The summed E-state index contributed by atoms with van der Waals surface area (Å²) in [6, 6.07) is 4.81. The maximum absolute atomic E-state index is 11.0. The first kappa shape index (κ1) is 10.3. The van der Waals surface area contributed by atoms with Crippen molar-refractivity contribution in [3.63, 3.8) is 0 Å². The van der Waals surface area contributed by atoms with Crippen molar-refractivity contribution in [2.45, 2.75) is 0 Å². The van der Waals surface area contributed by atoms with E-state index in [2.05, 4.69) is 15.1 Å². The summed E-state index contributed by atoms with van der Waals surface area (Å²) in [5.74, 6) is 0. The van der Waals surface area contributed by atoms with Crippen molar-refractivity contribution >= 4 is 16.5 Å². The number of rotatable bonds is 2. The first-order chi connectivity index (χ1) is 8.77. The zero-order valence-corrected chi connectivity index (χ0v) is 9.09. The molecule has 0 unspecified atom stereocenters. The van der Waals surface area contributed by atoms with Crippen molar-refractivity contribution in [2.24, 2.45) is 0 Å². The maximum atomic E-state index is 11.0. The second kappa shape index (κ2) is 3.88. The molecule has 7 nitrogen and oxygen atoms in total. The third-order valence-electron chi connectivity index (χ3n) is 2.63. The van der Waals surface area contributed by atoms with Gasteiger partial charge in [0.25, 0.3) is 5.69 Å². The highest BCUT2D eigenvalue weighted by molar-refractivity contribution is 5.95. The molecule has 0 aliphatic heterocycles. The van der Waals surface area contributed by atoms with Crippen molar-refractivity contribution in [3.8, 4) is 5.69 Å². The predicted molar refractivity (Wildman–Crippen MR) is 63.3 cm³/mol. The summed E-state index contributed by atoms with van der Waals surface area (Å²) in [4.78, 5) is 18.3. The van der Waals surface area contributed by atoms with Gasteiger partial charge in [0.1, 0.15) is 12.7 Å². The summed E-state index contributed by atoms with van der Waals surface area (Å²) < 4.78 is 1.56. The molecule has 1 aromatic carbocycles. The van der Waals surface area contributed by atoms with Crippen LogP contribution in [0.3, 0.4) is 0 Å². The minimum atomic E-state index is -0.421. The van der Waals surface area contributed by atoms with E-state index < -0.39 is 4.92 Å². The Hall–Kier alpha value is -2.83. The molecular formula is C11H7N5O2. The lowest BCUT2D eigenvalue weighted by atomic mass is 10.1. The zero-order chi connectivity index (χ0) is 12.5. The molecule has 0 aliphatic rings. The fourth-order valence-electron chi connectivity index (χ4n) is 1.85. The monoisotopic (exact) mass is 241 g/mol. The van der Waals surface area contributed by atoms with E-state index in [0.29, 0.717) is 10.8 Å². The fraction of sp³-hybridized carbons (Fsp3) is 0. The standard InChI is InChI=1S/C11H7N5O2/c17-16(18)11-2-1-10(15-7-13-6-14-15)8-3-4-12-5-9(8)11/h1-7H. The van der Waals surface area contributed by atoms with Gasteiger partial charge in [-0.25, -0.2) is 9.67 Å². The van der Waals surface area contributed by atoms with E-state index in [9.17, 15) is 10.1 Å². The van der Waals surface area contributed by atoms with Crippen LogP contribution in [-0.4, -0.2) is 24.7 Å². The molecule has 88 valence electrons. The molecule has 2 aromatic heterocycles. The van der Waals surface area contributed by atoms with E-state index in [1.807, 2.05) is 0 Å². The maximum Gasteiger partial charge on any atom is 0.278 e. The van der Waals surface area contributed by atoms with E-state index in [1.54, 1.807) is 29.3 Å². The highest BCUT2D eigenvalue weighted by Gasteiger charge is 2.15. The summed E-state index contributed by atoms with van der Waals surface area (Å²) in [5.41, 5.74) is 0.762. The number of nitrogens with zero attached hydrogens (tertiary/aromatic N) is 5. The molecular weight excluding hydrogens is 234 g/mol. The second-order valence-corrected chi connectivity index (χ2v) is 3.62. The highest BCUT2D eigenvalue weighted by Crippen LogP contribution is 2.29. The normalized spacial score (nSPS) is 10.7. The molecule has 2 heterocycles. The average molecular weight is 241 g/mol. The molecule has 3 rings (SSSR count). The Morgan fingerprint density at radius 1 is 1.17 bits per heavy atom. The average Bonchev–Trinajstić information content (AvgIpc) is 2.91. The van der Waals surface area contributed by atoms with Crippen molar-refractivity contribution in [1.29, 1.82) is 0 Å². The molecule has 0 atom stereocenters. The largest absolute Gasteiger partial charge is 0.278 e. The number of nitro benzene ring substituents is 1. The van der Waals surface area contributed by atoms with Crippen molar-refractivity contribution in [2.75, 3.05) is 0 Å². The molecule has 18 heavy (non-hydrogen) atoms. The van der Waals surface area contributed by atoms with Crippen LogP contribution >= 0.6 is 0 Å². The Kier molecular flexibility index (Phi) is 2.23. The van der Waals surface area contributed by atoms with Crippen LogP contribution in [0.2, 0.25) is 0 Å². The minimum absolute atomic E-state index is 0.0296. The van der Waals surface area contributed by atoms with E-state index >= 15 is 0 Å². The first-order valence-corrected chi connectivity index (χ1v) is 5.13. The van der Waals surface area contributed by atoms with Gasteiger partial charge in [0.15, 0.2) is 0 Å². The summed E-state index contributed by atoms with van der Waals surface area (Å²) in [6.45, 7) is 0. The lowest BCUT2D eigenvalue weighted by Crippen LogP contribution is -1.98. The number of fused-ring (bicyclic) bond motifs is 1. The summed E-state index contributed by atoms with van der Waals surface area (Å²) >= 11 is 0. The van der Waals surface area contributed by atoms with E-state index in [0.717, 1.165) is 5.69 Å². The highest BCUT2D eigenvalue weighted by atomic mass is 16.6. The molecule has 0 amide bonds. The predicted octanol–water partition coefficient (Wildman–Crippen LogP) is 1.72. The number of benzene rings is 1. The van der Waals surface area contributed by atoms with Gasteiger partial charge in [-0.05, 0) is 12.1 Å². The van der Waals surface area contributed by atoms with Crippen LogP contribution in [-0.2, 0) is 0 Å². The van der Waals surface area contributed by atoms with Crippen molar-refractivity contribution in [1.82, 2.24) is 19.7 Å². The number of hydrogen-bond acceptors (Lipinski definition) is 5. The molecule has 0 saturated heterocycles. The molecule has 0 saturated carbocycles. The lowest BCUT2D eigenvalue weighted by molar-refractivity contribution is -0.383. The minimum Gasteiger partial charge on any atom is -0.264 e. The van der Waals surface area contributed by atoms with Crippen LogP contribution in [0.5, 0.6) is 0 Å². The van der Waals surface area contributed by atoms with Gasteiger partial charge in [0.05, 0.1) is 16.0 Å². The Bertz CT molecular complexity index is 723. The zero-order valence-electron chi connectivity index (χ0n) is 9.09. The number of non-ortho nitro benzene ring substituents is 1. The Morgan fingerprint density at radius 3 is 2.78 bits per heavy atom. The third-order valence-corrected chi connectivity index (χ3v) is 2.63. The van der Waals surface area contributed by atoms with Crippen LogP contribution < -0.4 is 0 Å².